The SMILES string of the molecule is C=CC(=O)N(C)[C@@H]1CS(=O)(=O)C[C@H]1O. The molecule has 1 saturated heterocycles. The van der Waals surface area contributed by atoms with Crippen molar-refractivity contribution in [1.82, 2.24) is 4.90 Å². The third kappa shape index (κ3) is 2.13. The summed E-state index contributed by atoms with van der Waals surface area (Å²) < 4.78 is 22.3. The number of sulfone groups is 1. The van der Waals surface area contributed by atoms with Crippen molar-refractivity contribution >= 4 is 15.7 Å². The minimum Gasteiger partial charge on any atom is -0.390 e. The van der Waals surface area contributed by atoms with E-state index in [1.807, 2.05) is 0 Å². The zero-order valence-corrected chi connectivity index (χ0v) is 8.70. The molecule has 80 valence electrons. The maximum atomic E-state index is 11.2. The third-order valence-corrected chi connectivity index (χ3v) is 4.01. The number of hydrogen-bond acceptors (Lipinski definition) is 4. The molecular weight excluding hydrogens is 206 g/mol. The molecule has 0 aromatic heterocycles. The molecule has 0 spiro atoms. The molecule has 1 N–H and O–H groups in total. The van der Waals surface area contributed by atoms with Gasteiger partial charge in [0.2, 0.25) is 5.91 Å². The van der Waals surface area contributed by atoms with Crippen molar-refractivity contribution in [3.05, 3.63) is 12.7 Å². The van der Waals surface area contributed by atoms with Crippen molar-refractivity contribution in [3.63, 3.8) is 0 Å². The number of hydrogen-bond donors (Lipinski definition) is 1. The van der Waals surface area contributed by atoms with Gasteiger partial charge in [0.1, 0.15) is 0 Å². The molecule has 1 heterocycles. The second kappa shape index (κ2) is 3.70. The highest BCUT2D eigenvalue weighted by atomic mass is 32.2. The minimum atomic E-state index is -3.21. The lowest BCUT2D eigenvalue weighted by Crippen LogP contribution is -2.43. The van der Waals surface area contributed by atoms with Crippen molar-refractivity contribution in [2.45, 2.75) is 12.1 Å². The van der Waals surface area contributed by atoms with Gasteiger partial charge in [-0.05, 0) is 6.08 Å². The summed E-state index contributed by atoms with van der Waals surface area (Å²) >= 11 is 0. The monoisotopic (exact) mass is 219 g/mol. The van der Waals surface area contributed by atoms with Gasteiger partial charge in [0, 0.05) is 7.05 Å². The number of aliphatic hydroxyl groups is 1. The number of likely N-dealkylation sites (N-methyl/N-ethyl adjacent to an activating group) is 1. The molecule has 0 bridgehead atoms. The third-order valence-electron chi connectivity index (χ3n) is 2.31. The first kappa shape index (κ1) is 11.2. The van der Waals surface area contributed by atoms with Crippen molar-refractivity contribution in [2.75, 3.05) is 18.6 Å². The number of carbonyl (C=O) groups excluding carboxylic acids is 1. The van der Waals surface area contributed by atoms with E-state index in [0.29, 0.717) is 0 Å². The van der Waals surface area contributed by atoms with Crippen LogP contribution in [0.3, 0.4) is 0 Å². The van der Waals surface area contributed by atoms with Gasteiger partial charge in [-0.3, -0.25) is 4.79 Å². The molecule has 0 aromatic rings. The lowest BCUT2D eigenvalue weighted by Gasteiger charge is -2.24. The zero-order chi connectivity index (χ0) is 10.9. The molecule has 2 atom stereocenters. The van der Waals surface area contributed by atoms with Crippen LogP contribution in [0.4, 0.5) is 0 Å². The lowest BCUT2D eigenvalue weighted by atomic mass is 10.2. The minimum absolute atomic E-state index is 0.176. The summed E-state index contributed by atoms with van der Waals surface area (Å²) in [5.41, 5.74) is 0. The first-order valence-electron chi connectivity index (χ1n) is 4.15. The second-order valence-corrected chi connectivity index (χ2v) is 5.52. The quantitative estimate of drug-likeness (QED) is 0.591. The molecule has 1 aliphatic heterocycles. The smallest absolute Gasteiger partial charge is 0.246 e. The number of carbonyl (C=O) groups is 1. The van der Waals surface area contributed by atoms with Crippen LogP contribution in [0.5, 0.6) is 0 Å². The molecule has 0 unspecified atom stereocenters. The Labute approximate surface area is 82.9 Å². The van der Waals surface area contributed by atoms with Gasteiger partial charge in [0.15, 0.2) is 9.84 Å². The molecular formula is C8H13NO4S. The number of rotatable bonds is 2. The van der Waals surface area contributed by atoms with Gasteiger partial charge in [0.25, 0.3) is 0 Å². The van der Waals surface area contributed by atoms with Gasteiger partial charge >= 0.3 is 0 Å². The Bertz CT molecular complexity index is 348. The molecule has 1 aliphatic rings. The average molecular weight is 219 g/mol. The van der Waals surface area contributed by atoms with E-state index < -0.39 is 22.0 Å². The summed E-state index contributed by atoms with van der Waals surface area (Å²) in [6.45, 7) is 3.29. The first-order chi connectivity index (χ1) is 6.37. The van der Waals surface area contributed by atoms with E-state index in [1.54, 1.807) is 0 Å². The van der Waals surface area contributed by atoms with E-state index in [9.17, 15) is 18.3 Å². The topological polar surface area (TPSA) is 74.7 Å². The molecule has 0 saturated carbocycles. The van der Waals surface area contributed by atoms with E-state index >= 15 is 0 Å². The number of aliphatic hydroxyl groups excluding tert-OH is 1. The van der Waals surface area contributed by atoms with Crippen LogP contribution in [0.1, 0.15) is 0 Å². The van der Waals surface area contributed by atoms with Gasteiger partial charge in [0.05, 0.1) is 23.7 Å². The fourth-order valence-corrected chi connectivity index (χ4v) is 3.33. The molecule has 0 radical (unpaired) electrons. The van der Waals surface area contributed by atoms with Crippen molar-refractivity contribution in [3.8, 4) is 0 Å². The Morgan fingerprint density at radius 2 is 2.14 bits per heavy atom. The Kier molecular flexibility index (Phi) is 2.96. The van der Waals surface area contributed by atoms with Crippen LogP contribution in [0.25, 0.3) is 0 Å². The molecule has 5 nitrogen and oxygen atoms in total. The van der Waals surface area contributed by atoms with Crippen LogP contribution in [0, 0.1) is 0 Å². The predicted molar refractivity (Wildman–Crippen MR) is 51.4 cm³/mol. The van der Waals surface area contributed by atoms with Crippen LogP contribution in [-0.2, 0) is 14.6 Å². The lowest BCUT2D eigenvalue weighted by molar-refractivity contribution is -0.127. The highest BCUT2D eigenvalue weighted by molar-refractivity contribution is 7.91. The predicted octanol–water partition coefficient (Wildman–Crippen LogP) is -1.21. The zero-order valence-electron chi connectivity index (χ0n) is 7.88. The standard InChI is InChI=1S/C8H13NO4S/c1-3-8(11)9(2)6-4-14(12,13)5-7(6)10/h3,6-7,10H,1,4-5H2,2H3/t6-,7-/m1/s1. The Morgan fingerprint density at radius 1 is 1.57 bits per heavy atom. The Hall–Kier alpha value is -0.880. The highest BCUT2D eigenvalue weighted by Crippen LogP contribution is 2.17. The summed E-state index contributed by atoms with van der Waals surface area (Å²) in [5.74, 6) is -0.831. The average Bonchev–Trinajstić information content (AvgIpc) is 2.37. The normalized spacial score (nSPS) is 29.9. The van der Waals surface area contributed by atoms with Crippen LogP contribution < -0.4 is 0 Å². The van der Waals surface area contributed by atoms with E-state index in [4.69, 9.17) is 0 Å². The van der Waals surface area contributed by atoms with Gasteiger partial charge in [-0.2, -0.15) is 0 Å². The van der Waals surface area contributed by atoms with E-state index in [-0.39, 0.29) is 17.4 Å². The van der Waals surface area contributed by atoms with E-state index in [0.717, 1.165) is 6.08 Å². The van der Waals surface area contributed by atoms with Gasteiger partial charge in [-0.1, -0.05) is 6.58 Å². The Balaban J connectivity index is 2.80. The fraction of sp³-hybridized carbons (Fsp3) is 0.625. The molecule has 14 heavy (non-hydrogen) atoms. The van der Waals surface area contributed by atoms with Gasteiger partial charge < -0.3 is 10.0 Å². The maximum Gasteiger partial charge on any atom is 0.246 e. The summed E-state index contributed by atoms with van der Waals surface area (Å²) in [4.78, 5) is 12.4. The van der Waals surface area contributed by atoms with Gasteiger partial charge in [-0.25, -0.2) is 8.42 Å². The molecule has 0 aliphatic carbocycles. The number of amides is 1. The Morgan fingerprint density at radius 3 is 2.50 bits per heavy atom. The highest BCUT2D eigenvalue weighted by Gasteiger charge is 2.39. The van der Waals surface area contributed by atoms with Crippen molar-refractivity contribution in [2.24, 2.45) is 0 Å². The van der Waals surface area contributed by atoms with Crippen molar-refractivity contribution in [1.29, 1.82) is 0 Å². The second-order valence-electron chi connectivity index (χ2n) is 3.36. The summed E-state index contributed by atoms with van der Waals surface area (Å²) in [7, 11) is -1.75. The maximum absolute atomic E-state index is 11.2. The first-order valence-corrected chi connectivity index (χ1v) is 5.97. The molecule has 1 rings (SSSR count). The van der Waals surface area contributed by atoms with E-state index in [2.05, 4.69) is 6.58 Å². The van der Waals surface area contributed by atoms with Crippen LogP contribution in [0.2, 0.25) is 0 Å². The molecule has 1 fully saturated rings. The number of nitrogens with zero attached hydrogens (tertiary/aromatic N) is 1. The van der Waals surface area contributed by atoms with E-state index in [1.165, 1.54) is 11.9 Å². The molecule has 1 amide bonds. The summed E-state index contributed by atoms with van der Waals surface area (Å²) in [6, 6.07) is -0.648. The van der Waals surface area contributed by atoms with Crippen molar-refractivity contribution < 1.29 is 18.3 Å². The van der Waals surface area contributed by atoms with Crippen LogP contribution in [0.15, 0.2) is 12.7 Å². The van der Waals surface area contributed by atoms with Crippen LogP contribution >= 0.6 is 0 Å². The molecule has 6 heteroatoms. The summed E-state index contributed by atoms with van der Waals surface area (Å²) in [5, 5.41) is 9.43. The van der Waals surface area contributed by atoms with Crippen LogP contribution in [-0.4, -0.2) is 55.0 Å². The molecule has 0 aromatic carbocycles. The largest absolute Gasteiger partial charge is 0.390 e. The fourth-order valence-electron chi connectivity index (χ4n) is 1.49. The van der Waals surface area contributed by atoms with Gasteiger partial charge in [-0.15, -0.1) is 0 Å². The summed E-state index contributed by atoms with van der Waals surface area (Å²) in [6.07, 6.45) is 0.103.